The lowest BCUT2D eigenvalue weighted by Gasteiger charge is -2.38. The monoisotopic (exact) mass is 515 g/mol. The Hall–Kier alpha value is -3.49. The Balaban J connectivity index is 1.66. The first kappa shape index (κ1) is 24.2. The van der Waals surface area contributed by atoms with Crippen LogP contribution in [0.25, 0.3) is 6.08 Å². The Kier molecular flexibility index (Phi) is 6.64. The van der Waals surface area contributed by atoms with Gasteiger partial charge in [0.25, 0.3) is 5.91 Å². The molecular formula is C28H25N3O3S2. The number of esters is 1. The van der Waals surface area contributed by atoms with E-state index in [4.69, 9.17) is 9.84 Å². The van der Waals surface area contributed by atoms with Crippen LogP contribution in [-0.4, -0.2) is 27.9 Å². The first-order valence-corrected chi connectivity index (χ1v) is 13.2. The highest BCUT2D eigenvalue weighted by molar-refractivity contribution is 8.29. The first-order valence-electron chi connectivity index (χ1n) is 11.6. The van der Waals surface area contributed by atoms with Gasteiger partial charge in [-0.3, -0.25) is 9.69 Å². The molecule has 3 aromatic rings. The molecule has 1 atom stereocenters. The van der Waals surface area contributed by atoms with Crippen LogP contribution in [0.2, 0.25) is 0 Å². The molecule has 1 spiro atoms. The molecule has 1 saturated heterocycles. The SMILES string of the molecule is CCOC(=O)C1=NN(c2ccc(C)cc2)[C@]2(S1)S/C(=C\c1ccc(C)cc1)C(=O)N2c1ccccc1. The Bertz CT molecular complexity index is 1360. The van der Waals surface area contributed by atoms with E-state index in [0.29, 0.717) is 10.6 Å². The average molecular weight is 516 g/mol. The van der Waals surface area contributed by atoms with Crippen molar-refractivity contribution in [2.45, 2.75) is 25.1 Å². The van der Waals surface area contributed by atoms with Gasteiger partial charge in [0.2, 0.25) is 9.37 Å². The Morgan fingerprint density at radius 3 is 2.19 bits per heavy atom. The summed E-state index contributed by atoms with van der Waals surface area (Å²) in [6.45, 7) is 6.04. The topological polar surface area (TPSA) is 62.2 Å². The maximum absolute atomic E-state index is 14.0. The summed E-state index contributed by atoms with van der Waals surface area (Å²) >= 11 is 2.61. The zero-order valence-corrected chi connectivity index (χ0v) is 21.8. The number of hydrogen-bond acceptors (Lipinski definition) is 7. The highest BCUT2D eigenvalue weighted by Gasteiger charge is 2.60. The van der Waals surface area contributed by atoms with Crippen molar-refractivity contribution in [2.75, 3.05) is 16.5 Å². The van der Waals surface area contributed by atoms with Crippen molar-refractivity contribution in [3.63, 3.8) is 0 Å². The van der Waals surface area contributed by atoms with Crippen molar-refractivity contribution >= 4 is 57.9 Å². The van der Waals surface area contributed by atoms with Gasteiger partial charge in [-0.05, 0) is 68.4 Å². The predicted octanol–water partition coefficient (Wildman–Crippen LogP) is 6.17. The Labute approximate surface area is 219 Å². The fourth-order valence-corrected chi connectivity index (χ4v) is 6.84. The van der Waals surface area contributed by atoms with Crippen molar-refractivity contribution in [3.05, 3.63) is 100 Å². The van der Waals surface area contributed by atoms with Crippen molar-refractivity contribution in [2.24, 2.45) is 5.10 Å². The third-order valence-electron chi connectivity index (χ3n) is 5.75. The fourth-order valence-electron chi connectivity index (χ4n) is 3.96. The third kappa shape index (κ3) is 4.42. The Morgan fingerprint density at radius 1 is 0.917 bits per heavy atom. The molecule has 0 aromatic heterocycles. The van der Waals surface area contributed by atoms with Crippen LogP contribution in [0.5, 0.6) is 0 Å². The van der Waals surface area contributed by atoms with E-state index >= 15 is 0 Å². The molecule has 2 heterocycles. The maximum atomic E-state index is 14.0. The van der Waals surface area contributed by atoms with Crippen LogP contribution in [0.1, 0.15) is 23.6 Å². The summed E-state index contributed by atoms with van der Waals surface area (Å²) in [5, 5.41) is 6.66. The molecule has 0 saturated carbocycles. The molecular weight excluding hydrogens is 490 g/mol. The van der Waals surface area contributed by atoms with E-state index in [1.165, 1.54) is 23.5 Å². The number of aryl methyl sites for hydroxylation is 2. The summed E-state index contributed by atoms with van der Waals surface area (Å²) < 4.78 is 4.21. The number of hydrazone groups is 1. The Morgan fingerprint density at radius 2 is 1.56 bits per heavy atom. The van der Waals surface area contributed by atoms with Crippen LogP contribution in [0.3, 0.4) is 0 Å². The summed E-state index contributed by atoms with van der Waals surface area (Å²) in [6.07, 6.45) is 1.90. The van der Waals surface area contributed by atoms with Crippen LogP contribution < -0.4 is 9.91 Å². The second-order valence-electron chi connectivity index (χ2n) is 8.42. The standard InChI is InChI=1S/C28H25N3O3S2/c1-4-34-27(33)25-29-31(23-16-12-20(3)13-17-23)28(36-25)30(22-8-6-5-7-9-22)26(32)24(35-28)18-21-14-10-19(2)11-15-21/h5-18H,4H2,1-3H3/b24-18-/t28-/m0/s1. The second kappa shape index (κ2) is 9.87. The van der Waals surface area contributed by atoms with Crippen LogP contribution >= 0.6 is 23.5 Å². The summed E-state index contributed by atoms with van der Waals surface area (Å²) in [4.78, 5) is 29.1. The van der Waals surface area contributed by atoms with E-state index in [9.17, 15) is 9.59 Å². The number of nitrogens with zero attached hydrogens (tertiary/aromatic N) is 3. The minimum absolute atomic E-state index is 0.156. The minimum Gasteiger partial charge on any atom is -0.461 e. The van der Waals surface area contributed by atoms with E-state index in [-0.39, 0.29) is 17.6 Å². The van der Waals surface area contributed by atoms with Gasteiger partial charge in [0.1, 0.15) is 0 Å². The predicted molar refractivity (Wildman–Crippen MR) is 149 cm³/mol. The molecule has 8 heteroatoms. The number of carbonyl (C=O) groups is 2. The summed E-state index contributed by atoms with van der Waals surface area (Å²) in [7, 11) is 0. The largest absolute Gasteiger partial charge is 0.461 e. The number of rotatable bonds is 5. The summed E-state index contributed by atoms with van der Waals surface area (Å²) in [5.41, 5.74) is 4.66. The summed E-state index contributed by atoms with van der Waals surface area (Å²) in [5.74, 6) is -0.662. The third-order valence-corrected chi connectivity index (χ3v) is 8.44. The molecule has 1 fully saturated rings. The van der Waals surface area contributed by atoms with Gasteiger partial charge in [0.15, 0.2) is 0 Å². The van der Waals surface area contributed by atoms with Crippen molar-refractivity contribution in [1.29, 1.82) is 0 Å². The lowest BCUT2D eigenvalue weighted by Crippen LogP contribution is -2.51. The zero-order chi connectivity index (χ0) is 25.3. The van der Waals surface area contributed by atoms with E-state index in [1.54, 1.807) is 16.8 Å². The molecule has 36 heavy (non-hydrogen) atoms. The van der Waals surface area contributed by atoms with Gasteiger partial charge >= 0.3 is 5.97 Å². The first-order chi connectivity index (χ1) is 17.4. The molecule has 2 aliphatic rings. The fraction of sp³-hybridized carbons (Fsp3) is 0.179. The van der Waals surface area contributed by atoms with Crippen LogP contribution in [0.4, 0.5) is 11.4 Å². The number of thioether (sulfide) groups is 2. The second-order valence-corrected chi connectivity index (χ2v) is 11.1. The van der Waals surface area contributed by atoms with Crippen molar-refractivity contribution in [1.82, 2.24) is 0 Å². The number of ether oxygens (including phenoxy) is 1. The minimum atomic E-state index is -1.08. The molecule has 6 nitrogen and oxygen atoms in total. The van der Waals surface area contributed by atoms with Gasteiger partial charge in [0.05, 0.1) is 17.2 Å². The molecule has 2 aliphatic heterocycles. The van der Waals surface area contributed by atoms with Crippen molar-refractivity contribution in [3.8, 4) is 0 Å². The number of hydrogen-bond donors (Lipinski definition) is 0. The van der Waals surface area contributed by atoms with Crippen molar-refractivity contribution < 1.29 is 14.3 Å². The highest BCUT2D eigenvalue weighted by atomic mass is 32.2. The molecule has 0 unspecified atom stereocenters. The van der Waals surface area contributed by atoms with Gasteiger partial charge in [-0.25, -0.2) is 9.80 Å². The van der Waals surface area contributed by atoms with Crippen LogP contribution in [-0.2, 0) is 14.3 Å². The molecule has 0 N–H and O–H groups in total. The molecule has 1 amide bonds. The number of benzene rings is 3. The van der Waals surface area contributed by atoms with Gasteiger partial charge in [0, 0.05) is 5.69 Å². The summed E-state index contributed by atoms with van der Waals surface area (Å²) in [6, 6.07) is 25.4. The van der Waals surface area contributed by atoms with Crippen LogP contribution in [0.15, 0.2) is 88.9 Å². The molecule has 3 aromatic carbocycles. The smallest absolute Gasteiger partial charge is 0.365 e. The van der Waals surface area contributed by atoms with E-state index < -0.39 is 10.3 Å². The highest BCUT2D eigenvalue weighted by Crippen LogP contribution is 2.59. The maximum Gasteiger partial charge on any atom is 0.365 e. The van der Waals surface area contributed by atoms with Gasteiger partial charge < -0.3 is 4.74 Å². The lowest BCUT2D eigenvalue weighted by atomic mass is 10.1. The van der Waals surface area contributed by atoms with E-state index in [1.807, 2.05) is 98.8 Å². The number of amides is 1. The molecule has 182 valence electrons. The molecule has 0 bridgehead atoms. The molecule has 5 rings (SSSR count). The molecule has 0 aliphatic carbocycles. The average Bonchev–Trinajstić information content (AvgIpc) is 3.39. The number of carbonyl (C=O) groups excluding carboxylic acids is 2. The van der Waals surface area contributed by atoms with E-state index in [0.717, 1.165) is 22.4 Å². The normalized spacial score (nSPS) is 20.4. The van der Waals surface area contributed by atoms with E-state index in [2.05, 4.69) is 0 Å². The van der Waals surface area contributed by atoms with Gasteiger partial charge in [-0.1, -0.05) is 77.5 Å². The number of anilines is 2. The quantitative estimate of drug-likeness (QED) is 0.299. The van der Waals surface area contributed by atoms with Crippen LogP contribution in [0, 0.1) is 13.8 Å². The lowest BCUT2D eigenvalue weighted by molar-refractivity contribution is -0.134. The van der Waals surface area contributed by atoms with Gasteiger partial charge in [-0.2, -0.15) is 5.10 Å². The van der Waals surface area contributed by atoms with Gasteiger partial charge in [-0.15, -0.1) is 0 Å². The zero-order valence-electron chi connectivity index (χ0n) is 20.2. The number of para-hydroxylation sites is 1. The molecule has 0 radical (unpaired) electrons.